The maximum Gasteiger partial charge on any atom is 0.298 e. The molecule has 0 saturated carbocycles. The Hall–Kier alpha value is -3.04. The minimum Gasteiger partial charge on any atom is -0.432 e. The summed E-state index contributed by atoms with van der Waals surface area (Å²) in [5, 5.41) is 18.6. The number of nitrogens with zero attached hydrogens (tertiary/aromatic N) is 5. The fraction of sp³-hybridized carbons (Fsp3) is 0.316. The average Bonchev–Trinajstić information content (AvgIpc) is 3.30. The Morgan fingerprint density at radius 1 is 1.11 bits per heavy atom. The van der Waals surface area contributed by atoms with E-state index in [-0.39, 0.29) is 31.1 Å². The number of benzene rings is 1. The van der Waals surface area contributed by atoms with Crippen molar-refractivity contribution in [3.63, 3.8) is 0 Å². The van der Waals surface area contributed by atoms with Gasteiger partial charge in [-0.25, -0.2) is 19.4 Å². The number of aliphatic hydroxyl groups is 2. The molecule has 1 aromatic heterocycles. The predicted octanol–water partition coefficient (Wildman–Crippen LogP) is 1.36. The van der Waals surface area contributed by atoms with Crippen molar-refractivity contribution >= 4 is 12.0 Å². The molecule has 3 heterocycles. The lowest BCUT2D eigenvalue weighted by atomic mass is 9.97. The van der Waals surface area contributed by atoms with Crippen molar-refractivity contribution in [2.24, 2.45) is 4.99 Å². The van der Waals surface area contributed by atoms with Crippen molar-refractivity contribution in [3.8, 4) is 0 Å². The minimum atomic E-state index is -0.326. The van der Waals surface area contributed by atoms with E-state index in [1.165, 1.54) is 12.1 Å². The maximum absolute atomic E-state index is 13.4. The van der Waals surface area contributed by atoms with Crippen molar-refractivity contribution < 1.29 is 19.3 Å². The summed E-state index contributed by atoms with van der Waals surface area (Å²) in [5.74, 6) is 0.103. The summed E-state index contributed by atoms with van der Waals surface area (Å²) in [6.07, 6.45) is 4.98. The highest BCUT2D eigenvalue weighted by atomic mass is 19.1. The molecule has 9 heteroatoms. The molecule has 4 rings (SSSR count). The Morgan fingerprint density at radius 2 is 1.86 bits per heavy atom. The molecular formula is C19H20FN5O3. The van der Waals surface area contributed by atoms with Crippen molar-refractivity contribution in [3.05, 3.63) is 66.1 Å². The van der Waals surface area contributed by atoms with Gasteiger partial charge in [0.1, 0.15) is 24.2 Å². The first-order valence-corrected chi connectivity index (χ1v) is 8.96. The largest absolute Gasteiger partial charge is 0.432 e. The van der Waals surface area contributed by atoms with Gasteiger partial charge in [0.05, 0.1) is 18.9 Å². The lowest BCUT2D eigenvalue weighted by Gasteiger charge is -2.26. The fourth-order valence-electron chi connectivity index (χ4n) is 3.39. The van der Waals surface area contributed by atoms with Gasteiger partial charge in [-0.15, -0.1) is 0 Å². The molecule has 146 valence electrons. The Kier molecular flexibility index (Phi) is 5.18. The van der Waals surface area contributed by atoms with Crippen LogP contribution in [0.3, 0.4) is 0 Å². The van der Waals surface area contributed by atoms with E-state index >= 15 is 0 Å². The topological polar surface area (TPSA) is 94.3 Å². The molecule has 2 unspecified atom stereocenters. The zero-order valence-corrected chi connectivity index (χ0v) is 15.0. The Balaban J connectivity index is 1.70. The molecule has 0 saturated heterocycles. The molecule has 0 spiro atoms. The van der Waals surface area contributed by atoms with Crippen LogP contribution in [-0.4, -0.2) is 57.4 Å². The van der Waals surface area contributed by atoms with Crippen molar-refractivity contribution in [2.45, 2.75) is 12.1 Å². The predicted molar refractivity (Wildman–Crippen MR) is 99.8 cm³/mol. The minimum absolute atomic E-state index is 0.0782. The second-order valence-electron chi connectivity index (χ2n) is 6.38. The second-order valence-corrected chi connectivity index (χ2v) is 6.38. The molecular weight excluding hydrogens is 365 g/mol. The van der Waals surface area contributed by atoms with E-state index < -0.39 is 0 Å². The third kappa shape index (κ3) is 3.41. The van der Waals surface area contributed by atoms with Crippen molar-refractivity contribution in [2.75, 3.05) is 31.2 Å². The van der Waals surface area contributed by atoms with Crippen LogP contribution in [0.15, 0.2) is 54.0 Å². The summed E-state index contributed by atoms with van der Waals surface area (Å²) in [6.45, 7) is 0.464. The van der Waals surface area contributed by atoms with Crippen LogP contribution < -0.4 is 4.90 Å². The van der Waals surface area contributed by atoms with Crippen LogP contribution in [0.1, 0.15) is 23.3 Å². The highest BCUT2D eigenvalue weighted by Gasteiger charge is 2.41. The maximum atomic E-state index is 13.4. The Labute approximate surface area is 161 Å². The lowest BCUT2D eigenvalue weighted by Crippen LogP contribution is -2.32. The molecule has 0 radical (unpaired) electrons. The van der Waals surface area contributed by atoms with Crippen molar-refractivity contribution in [1.29, 1.82) is 0 Å². The number of amidine groups is 1. The molecule has 28 heavy (non-hydrogen) atoms. The zero-order valence-electron chi connectivity index (χ0n) is 15.0. The SMILES string of the molecule is OCCN(CCO)c1nccc(C2C(c3ccc(F)cc3)N=C3OC=CN32)n1. The number of fused-ring (bicyclic) bond motifs is 1. The molecule has 8 nitrogen and oxygen atoms in total. The van der Waals surface area contributed by atoms with Gasteiger partial charge < -0.3 is 19.8 Å². The van der Waals surface area contributed by atoms with E-state index in [0.29, 0.717) is 30.8 Å². The van der Waals surface area contributed by atoms with Gasteiger partial charge in [-0.05, 0) is 23.8 Å². The molecule has 2 aliphatic rings. The highest BCUT2D eigenvalue weighted by molar-refractivity contribution is 5.80. The molecule has 0 fully saturated rings. The second kappa shape index (κ2) is 7.91. The third-order valence-corrected chi connectivity index (χ3v) is 4.67. The van der Waals surface area contributed by atoms with Gasteiger partial charge >= 0.3 is 0 Å². The van der Waals surface area contributed by atoms with E-state index in [4.69, 9.17) is 4.74 Å². The summed E-state index contributed by atoms with van der Waals surface area (Å²) in [5.41, 5.74) is 1.54. The van der Waals surface area contributed by atoms with Crippen LogP contribution in [0.5, 0.6) is 0 Å². The van der Waals surface area contributed by atoms with Crippen LogP contribution in [0.4, 0.5) is 10.3 Å². The van der Waals surface area contributed by atoms with Crippen LogP contribution in [0, 0.1) is 5.82 Å². The molecule has 2 aromatic rings. The van der Waals surface area contributed by atoms with Gasteiger partial charge in [0, 0.05) is 25.5 Å². The molecule has 2 atom stereocenters. The molecule has 0 bridgehead atoms. The summed E-state index contributed by atoms with van der Waals surface area (Å²) in [6, 6.07) is 7.86. The molecule has 2 aliphatic heterocycles. The number of rotatable bonds is 7. The number of aliphatic imine (C=N–C) groups is 1. The number of hydrogen-bond donors (Lipinski definition) is 2. The number of halogens is 1. The number of ether oxygens (including phenoxy) is 1. The van der Waals surface area contributed by atoms with Gasteiger partial charge in [0.2, 0.25) is 5.95 Å². The fourth-order valence-corrected chi connectivity index (χ4v) is 3.39. The summed E-state index contributed by atoms with van der Waals surface area (Å²) in [7, 11) is 0. The molecule has 1 aromatic carbocycles. The van der Waals surface area contributed by atoms with Crippen LogP contribution in [0.25, 0.3) is 0 Å². The van der Waals surface area contributed by atoms with E-state index in [1.54, 1.807) is 41.8 Å². The first-order valence-electron chi connectivity index (χ1n) is 8.96. The van der Waals surface area contributed by atoms with Gasteiger partial charge in [-0.1, -0.05) is 12.1 Å². The number of aromatic nitrogens is 2. The van der Waals surface area contributed by atoms with E-state index in [1.807, 2.05) is 4.90 Å². The highest BCUT2D eigenvalue weighted by Crippen LogP contribution is 2.43. The van der Waals surface area contributed by atoms with E-state index in [2.05, 4.69) is 15.0 Å². The summed E-state index contributed by atoms with van der Waals surface area (Å²) < 4.78 is 18.8. The van der Waals surface area contributed by atoms with Crippen molar-refractivity contribution in [1.82, 2.24) is 14.9 Å². The monoisotopic (exact) mass is 385 g/mol. The van der Waals surface area contributed by atoms with Crippen LogP contribution in [0.2, 0.25) is 0 Å². The normalized spacial score (nSPS) is 20.1. The Bertz CT molecular complexity index is 883. The van der Waals surface area contributed by atoms with E-state index in [9.17, 15) is 14.6 Å². The standard InChI is InChI=1S/C19H20FN5O3/c20-14-3-1-13(2-4-14)16-17(25-9-12-28-19(25)23-16)15-5-6-21-18(22-15)24(7-10-26)8-11-27/h1-6,9,12,16-17,26-27H,7-8,10-11H2. The summed E-state index contributed by atoms with van der Waals surface area (Å²) >= 11 is 0. The van der Waals surface area contributed by atoms with Gasteiger partial charge in [0.25, 0.3) is 6.02 Å². The number of hydrogen-bond acceptors (Lipinski definition) is 8. The van der Waals surface area contributed by atoms with Gasteiger partial charge in [-0.3, -0.25) is 4.90 Å². The number of anilines is 1. The van der Waals surface area contributed by atoms with Crippen LogP contribution >= 0.6 is 0 Å². The first kappa shape index (κ1) is 18.3. The number of aliphatic hydroxyl groups excluding tert-OH is 2. The lowest BCUT2D eigenvalue weighted by molar-refractivity contribution is 0.280. The average molecular weight is 385 g/mol. The summed E-state index contributed by atoms with van der Waals surface area (Å²) in [4.78, 5) is 17.2. The molecule has 0 amide bonds. The van der Waals surface area contributed by atoms with Crippen LogP contribution in [-0.2, 0) is 4.74 Å². The Morgan fingerprint density at radius 3 is 2.57 bits per heavy atom. The zero-order chi connectivity index (χ0) is 19.5. The van der Waals surface area contributed by atoms with Gasteiger partial charge in [0.15, 0.2) is 0 Å². The molecule has 0 aliphatic carbocycles. The molecule has 2 N–H and O–H groups in total. The van der Waals surface area contributed by atoms with Gasteiger partial charge in [-0.2, -0.15) is 0 Å². The quantitative estimate of drug-likeness (QED) is 0.743. The first-order chi connectivity index (χ1) is 13.7. The smallest absolute Gasteiger partial charge is 0.298 e. The third-order valence-electron chi connectivity index (χ3n) is 4.67. The van der Waals surface area contributed by atoms with E-state index in [0.717, 1.165) is 5.56 Å².